The molecule has 1 heterocycles. The van der Waals surface area contributed by atoms with Gasteiger partial charge in [-0.1, -0.05) is 12.2 Å². The molecule has 0 spiro atoms. The lowest BCUT2D eigenvalue weighted by molar-refractivity contribution is -0.132. The Morgan fingerprint density at radius 3 is 2.67 bits per heavy atom. The van der Waals surface area contributed by atoms with Gasteiger partial charge < -0.3 is 19.5 Å². The van der Waals surface area contributed by atoms with E-state index in [1.165, 1.54) is 7.11 Å². The largest absolute Gasteiger partial charge is 0.493 e. The van der Waals surface area contributed by atoms with E-state index in [1.807, 2.05) is 6.92 Å². The number of nitrogens with zero attached hydrogens (tertiary/aromatic N) is 1. The molecule has 0 bridgehead atoms. The monoisotopic (exact) mass is 291 g/mol. The van der Waals surface area contributed by atoms with Crippen LogP contribution < -0.4 is 14.4 Å². The number of anilines is 1. The fourth-order valence-corrected chi connectivity index (χ4v) is 2.35. The number of ether oxygens (including phenoxy) is 2. The van der Waals surface area contributed by atoms with Gasteiger partial charge in [0.05, 0.1) is 19.4 Å². The molecule has 0 unspecified atom stereocenters. The lowest BCUT2D eigenvalue weighted by atomic mass is 10.0. The quantitative estimate of drug-likeness (QED) is 0.865. The highest BCUT2D eigenvalue weighted by Crippen LogP contribution is 2.45. The van der Waals surface area contributed by atoms with Gasteiger partial charge >= 0.3 is 0 Å². The SMILES string of the molecule is C=C(C)CN1C(=O)C(C)(C)Oc2c(OC)cc(CO)cc21. The van der Waals surface area contributed by atoms with Crippen molar-refractivity contribution in [3.63, 3.8) is 0 Å². The summed E-state index contributed by atoms with van der Waals surface area (Å²) in [6, 6.07) is 3.46. The average molecular weight is 291 g/mol. The molecule has 0 radical (unpaired) electrons. The molecule has 0 fully saturated rings. The van der Waals surface area contributed by atoms with Crippen molar-refractivity contribution >= 4 is 11.6 Å². The van der Waals surface area contributed by atoms with E-state index in [9.17, 15) is 9.90 Å². The first kappa shape index (κ1) is 15.4. The average Bonchev–Trinajstić information content (AvgIpc) is 2.42. The number of carbonyl (C=O) groups is 1. The summed E-state index contributed by atoms with van der Waals surface area (Å²) >= 11 is 0. The number of hydrogen-bond donors (Lipinski definition) is 1. The minimum atomic E-state index is -0.976. The van der Waals surface area contributed by atoms with Gasteiger partial charge in [0, 0.05) is 6.54 Å². The number of carbonyl (C=O) groups excluding carboxylic acids is 1. The van der Waals surface area contributed by atoms with Crippen molar-refractivity contribution in [2.75, 3.05) is 18.6 Å². The van der Waals surface area contributed by atoms with Gasteiger partial charge in [-0.3, -0.25) is 4.79 Å². The zero-order valence-electron chi connectivity index (χ0n) is 12.9. The molecule has 0 atom stereocenters. The first-order valence-electron chi connectivity index (χ1n) is 6.77. The number of amides is 1. The molecule has 21 heavy (non-hydrogen) atoms. The van der Waals surface area contributed by atoms with Crippen LogP contribution in [0.25, 0.3) is 0 Å². The van der Waals surface area contributed by atoms with Crippen LogP contribution in [0.2, 0.25) is 0 Å². The molecule has 5 nitrogen and oxygen atoms in total. The Bertz CT molecular complexity index is 592. The second-order valence-electron chi connectivity index (χ2n) is 5.77. The summed E-state index contributed by atoms with van der Waals surface area (Å²) in [7, 11) is 1.53. The minimum absolute atomic E-state index is 0.137. The molecule has 1 N–H and O–H groups in total. The maximum absolute atomic E-state index is 12.6. The summed E-state index contributed by atoms with van der Waals surface area (Å²) in [4.78, 5) is 14.2. The van der Waals surface area contributed by atoms with Gasteiger partial charge in [0.2, 0.25) is 0 Å². The molecule has 0 saturated carbocycles. The number of aliphatic hydroxyl groups is 1. The van der Waals surface area contributed by atoms with E-state index < -0.39 is 5.60 Å². The van der Waals surface area contributed by atoms with Gasteiger partial charge in [0.1, 0.15) is 0 Å². The predicted molar refractivity (Wildman–Crippen MR) is 80.8 cm³/mol. The van der Waals surface area contributed by atoms with Crippen LogP contribution in [0.3, 0.4) is 0 Å². The van der Waals surface area contributed by atoms with E-state index in [0.29, 0.717) is 29.3 Å². The maximum atomic E-state index is 12.6. The van der Waals surface area contributed by atoms with Crippen molar-refractivity contribution < 1.29 is 19.4 Å². The molecule has 1 aliphatic heterocycles. The van der Waals surface area contributed by atoms with Crippen molar-refractivity contribution in [3.05, 3.63) is 29.8 Å². The molecule has 1 aliphatic rings. The van der Waals surface area contributed by atoms with E-state index in [-0.39, 0.29) is 12.5 Å². The number of fused-ring (bicyclic) bond motifs is 1. The number of aliphatic hydroxyl groups excluding tert-OH is 1. The Kier molecular flexibility index (Phi) is 3.96. The van der Waals surface area contributed by atoms with E-state index >= 15 is 0 Å². The molecule has 0 aromatic heterocycles. The van der Waals surface area contributed by atoms with Crippen molar-refractivity contribution in [1.29, 1.82) is 0 Å². The van der Waals surface area contributed by atoms with E-state index in [1.54, 1.807) is 30.9 Å². The third-order valence-corrected chi connectivity index (χ3v) is 3.33. The van der Waals surface area contributed by atoms with Gasteiger partial charge in [0.15, 0.2) is 17.1 Å². The number of benzene rings is 1. The second kappa shape index (κ2) is 5.41. The van der Waals surface area contributed by atoms with Crippen LogP contribution in [0, 0.1) is 0 Å². The van der Waals surface area contributed by atoms with Crippen LogP contribution in [0.5, 0.6) is 11.5 Å². The van der Waals surface area contributed by atoms with Crippen molar-refractivity contribution in [2.45, 2.75) is 33.0 Å². The third-order valence-electron chi connectivity index (χ3n) is 3.33. The van der Waals surface area contributed by atoms with Crippen LogP contribution in [0.15, 0.2) is 24.3 Å². The minimum Gasteiger partial charge on any atom is -0.493 e. The molecule has 1 amide bonds. The van der Waals surface area contributed by atoms with E-state index in [4.69, 9.17) is 9.47 Å². The zero-order chi connectivity index (χ0) is 15.8. The van der Waals surface area contributed by atoms with Gasteiger partial charge in [-0.15, -0.1) is 0 Å². The highest BCUT2D eigenvalue weighted by molar-refractivity contribution is 6.03. The van der Waals surface area contributed by atoms with Crippen molar-refractivity contribution in [2.24, 2.45) is 0 Å². The van der Waals surface area contributed by atoms with E-state index in [0.717, 1.165) is 5.57 Å². The summed E-state index contributed by atoms with van der Waals surface area (Å²) in [5.41, 5.74) is 1.15. The van der Waals surface area contributed by atoms with Crippen molar-refractivity contribution in [1.82, 2.24) is 0 Å². The molecule has 0 aliphatic carbocycles. The highest BCUT2D eigenvalue weighted by Gasteiger charge is 2.42. The number of hydrogen-bond acceptors (Lipinski definition) is 4. The molecule has 114 valence electrons. The normalized spacial score (nSPS) is 16.2. The van der Waals surface area contributed by atoms with Gasteiger partial charge in [-0.2, -0.15) is 0 Å². The van der Waals surface area contributed by atoms with Gasteiger partial charge in [-0.05, 0) is 38.5 Å². The first-order chi connectivity index (χ1) is 9.80. The first-order valence-corrected chi connectivity index (χ1v) is 6.77. The summed E-state index contributed by atoms with van der Waals surface area (Å²) < 4.78 is 11.2. The van der Waals surface area contributed by atoms with Crippen LogP contribution >= 0.6 is 0 Å². The highest BCUT2D eigenvalue weighted by atomic mass is 16.5. The third kappa shape index (κ3) is 2.74. The Balaban J connectivity index is 2.64. The standard InChI is InChI=1S/C16H21NO4/c1-10(2)8-17-12-6-11(9-18)7-13(20-5)14(12)21-16(3,4)15(17)19/h6-7,18H,1,8-9H2,2-5H3. The predicted octanol–water partition coefficient (Wildman–Crippen LogP) is 2.27. The smallest absolute Gasteiger partial charge is 0.270 e. The molecule has 1 aromatic rings. The summed E-state index contributed by atoms with van der Waals surface area (Å²) in [5.74, 6) is 0.875. The van der Waals surface area contributed by atoms with E-state index in [2.05, 4.69) is 6.58 Å². The molecular weight excluding hydrogens is 270 g/mol. The Hall–Kier alpha value is -2.01. The Labute approximate surface area is 124 Å². The lowest BCUT2D eigenvalue weighted by Crippen LogP contribution is -2.53. The topological polar surface area (TPSA) is 59.0 Å². The Morgan fingerprint density at radius 2 is 2.14 bits per heavy atom. The molecule has 2 rings (SSSR count). The fourth-order valence-electron chi connectivity index (χ4n) is 2.35. The zero-order valence-corrected chi connectivity index (χ0v) is 12.9. The number of rotatable bonds is 4. The summed E-state index contributed by atoms with van der Waals surface area (Å²) in [6.07, 6.45) is 0. The van der Waals surface area contributed by atoms with Crippen LogP contribution in [-0.2, 0) is 11.4 Å². The van der Waals surface area contributed by atoms with Crippen molar-refractivity contribution in [3.8, 4) is 11.5 Å². The van der Waals surface area contributed by atoms with Gasteiger partial charge in [-0.25, -0.2) is 0 Å². The molecule has 5 heteroatoms. The molecular formula is C16H21NO4. The lowest BCUT2D eigenvalue weighted by Gasteiger charge is -2.39. The number of methoxy groups -OCH3 is 1. The molecule has 1 aromatic carbocycles. The van der Waals surface area contributed by atoms with Crippen LogP contribution in [0.4, 0.5) is 5.69 Å². The maximum Gasteiger partial charge on any atom is 0.270 e. The summed E-state index contributed by atoms with van der Waals surface area (Å²) in [6.45, 7) is 9.45. The van der Waals surface area contributed by atoms with Crippen LogP contribution in [0.1, 0.15) is 26.3 Å². The Morgan fingerprint density at radius 1 is 1.48 bits per heavy atom. The summed E-state index contributed by atoms with van der Waals surface area (Å²) in [5, 5.41) is 9.38. The fraction of sp³-hybridized carbons (Fsp3) is 0.438. The second-order valence-corrected chi connectivity index (χ2v) is 5.77. The molecule has 0 saturated heterocycles. The van der Waals surface area contributed by atoms with Crippen LogP contribution in [-0.4, -0.2) is 30.3 Å². The van der Waals surface area contributed by atoms with Gasteiger partial charge in [0.25, 0.3) is 5.91 Å².